The molecule has 3 rings (SSSR count). The summed E-state index contributed by atoms with van der Waals surface area (Å²) in [4.78, 5) is 9.38. The summed E-state index contributed by atoms with van der Waals surface area (Å²) in [5.74, 6) is 1.37. The van der Waals surface area contributed by atoms with Crippen LogP contribution in [-0.4, -0.2) is 23.1 Å². The molecular weight excluding hydrogens is 270 g/mol. The number of nitrogens with zero attached hydrogens (tertiary/aromatic N) is 2. The second-order valence-corrected chi connectivity index (χ2v) is 5.74. The Balaban J connectivity index is 1.97. The van der Waals surface area contributed by atoms with E-state index in [1.807, 2.05) is 37.3 Å². The van der Waals surface area contributed by atoms with Gasteiger partial charge in [0.15, 0.2) is 0 Å². The van der Waals surface area contributed by atoms with Crippen molar-refractivity contribution in [2.45, 2.75) is 25.7 Å². The highest BCUT2D eigenvalue weighted by Gasteiger charge is 2.19. The number of hydrogen-bond acceptors (Lipinski definition) is 3. The Hall–Kier alpha value is -1.45. The highest BCUT2D eigenvalue weighted by molar-refractivity contribution is 6.30. The molecule has 0 spiro atoms. The standard InChI is InChI=1S/C16H18ClN3/c1-11-8-15(12-4-2-6-14(17)9-12)20-16(19-11)13-5-3-7-18-10-13/h2,4,6,8-9,13,18H,3,5,7,10H2,1H3/t13-/m0/s1. The summed E-state index contributed by atoms with van der Waals surface area (Å²) < 4.78 is 0. The predicted molar refractivity (Wildman–Crippen MR) is 82.1 cm³/mol. The smallest absolute Gasteiger partial charge is 0.133 e. The Morgan fingerprint density at radius 2 is 2.15 bits per heavy atom. The van der Waals surface area contributed by atoms with Gasteiger partial charge in [0, 0.05) is 28.7 Å². The van der Waals surface area contributed by atoms with Crippen LogP contribution >= 0.6 is 11.6 Å². The summed E-state index contributed by atoms with van der Waals surface area (Å²) in [5.41, 5.74) is 3.02. The van der Waals surface area contributed by atoms with Crippen molar-refractivity contribution in [2.75, 3.05) is 13.1 Å². The normalized spacial score (nSPS) is 19.0. The van der Waals surface area contributed by atoms with E-state index in [9.17, 15) is 0 Å². The minimum atomic E-state index is 0.418. The van der Waals surface area contributed by atoms with Crippen LogP contribution < -0.4 is 5.32 Å². The molecule has 0 amide bonds. The molecule has 3 nitrogen and oxygen atoms in total. The van der Waals surface area contributed by atoms with Crippen molar-refractivity contribution in [3.63, 3.8) is 0 Å². The number of hydrogen-bond donors (Lipinski definition) is 1. The average Bonchev–Trinajstić information content (AvgIpc) is 2.47. The third-order valence-corrected chi connectivity index (χ3v) is 3.89. The molecule has 104 valence electrons. The van der Waals surface area contributed by atoms with Crippen LogP contribution in [0.2, 0.25) is 5.02 Å². The summed E-state index contributed by atoms with van der Waals surface area (Å²) in [6.45, 7) is 4.09. The zero-order valence-corrected chi connectivity index (χ0v) is 12.3. The Morgan fingerprint density at radius 1 is 1.25 bits per heavy atom. The topological polar surface area (TPSA) is 37.8 Å². The van der Waals surface area contributed by atoms with Crippen molar-refractivity contribution in [3.05, 3.63) is 46.9 Å². The maximum atomic E-state index is 6.07. The van der Waals surface area contributed by atoms with Crippen LogP contribution in [0, 0.1) is 6.92 Å². The average molecular weight is 288 g/mol. The van der Waals surface area contributed by atoms with E-state index in [0.29, 0.717) is 5.92 Å². The molecule has 0 saturated carbocycles. The highest BCUT2D eigenvalue weighted by atomic mass is 35.5. The Labute approximate surface area is 124 Å². The number of halogens is 1. The second kappa shape index (κ2) is 5.90. The molecule has 1 aromatic carbocycles. The van der Waals surface area contributed by atoms with Crippen LogP contribution in [0.5, 0.6) is 0 Å². The van der Waals surface area contributed by atoms with Crippen molar-refractivity contribution in [3.8, 4) is 11.3 Å². The van der Waals surface area contributed by atoms with Crippen molar-refractivity contribution in [1.29, 1.82) is 0 Å². The van der Waals surface area contributed by atoms with Gasteiger partial charge in [0.25, 0.3) is 0 Å². The Morgan fingerprint density at radius 3 is 2.90 bits per heavy atom. The molecule has 1 atom stereocenters. The second-order valence-electron chi connectivity index (χ2n) is 5.31. The van der Waals surface area contributed by atoms with E-state index in [0.717, 1.165) is 47.3 Å². The van der Waals surface area contributed by atoms with Crippen LogP contribution in [0.1, 0.15) is 30.3 Å². The number of rotatable bonds is 2. The van der Waals surface area contributed by atoms with Gasteiger partial charge < -0.3 is 5.32 Å². The molecule has 4 heteroatoms. The lowest BCUT2D eigenvalue weighted by Gasteiger charge is -2.22. The first-order valence-electron chi connectivity index (χ1n) is 7.04. The molecule has 1 N–H and O–H groups in total. The van der Waals surface area contributed by atoms with Crippen LogP contribution in [0.25, 0.3) is 11.3 Å². The van der Waals surface area contributed by atoms with Crippen LogP contribution in [0.4, 0.5) is 0 Å². The number of benzene rings is 1. The molecular formula is C16H18ClN3. The maximum absolute atomic E-state index is 6.07. The third kappa shape index (κ3) is 3.00. The van der Waals surface area contributed by atoms with Crippen molar-refractivity contribution in [1.82, 2.24) is 15.3 Å². The highest BCUT2D eigenvalue weighted by Crippen LogP contribution is 2.25. The van der Waals surface area contributed by atoms with E-state index in [4.69, 9.17) is 16.6 Å². The fraction of sp³-hybridized carbons (Fsp3) is 0.375. The van der Waals surface area contributed by atoms with Gasteiger partial charge in [-0.3, -0.25) is 0 Å². The van der Waals surface area contributed by atoms with Gasteiger partial charge in [-0.15, -0.1) is 0 Å². The third-order valence-electron chi connectivity index (χ3n) is 3.65. The van der Waals surface area contributed by atoms with Crippen molar-refractivity contribution >= 4 is 11.6 Å². The first-order valence-corrected chi connectivity index (χ1v) is 7.42. The lowest BCUT2D eigenvalue weighted by atomic mass is 9.98. The van der Waals surface area contributed by atoms with Gasteiger partial charge >= 0.3 is 0 Å². The predicted octanol–water partition coefficient (Wildman–Crippen LogP) is 3.57. The molecule has 0 bridgehead atoms. The van der Waals surface area contributed by atoms with E-state index >= 15 is 0 Å². The van der Waals surface area contributed by atoms with Crippen LogP contribution in [0.15, 0.2) is 30.3 Å². The zero-order valence-electron chi connectivity index (χ0n) is 11.6. The quantitative estimate of drug-likeness (QED) is 0.917. The number of aryl methyl sites for hydroxylation is 1. The maximum Gasteiger partial charge on any atom is 0.133 e. The molecule has 1 aromatic heterocycles. The minimum absolute atomic E-state index is 0.418. The van der Waals surface area contributed by atoms with E-state index < -0.39 is 0 Å². The first kappa shape index (κ1) is 13.5. The van der Waals surface area contributed by atoms with Gasteiger partial charge in [-0.25, -0.2) is 9.97 Å². The lowest BCUT2D eigenvalue weighted by Crippen LogP contribution is -2.29. The lowest BCUT2D eigenvalue weighted by molar-refractivity contribution is 0.446. The van der Waals surface area contributed by atoms with Crippen molar-refractivity contribution < 1.29 is 0 Å². The summed E-state index contributed by atoms with van der Waals surface area (Å²) in [7, 11) is 0. The molecule has 2 heterocycles. The fourth-order valence-corrected chi connectivity index (χ4v) is 2.83. The Kier molecular flexibility index (Phi) is 3.99. The van der Waals surface area contributed by atoms with Crippen LogP contribution in [-0.2, 0) is 0 Å². The summed E-state index contributed by atoms with van der Waals surface area (Å²) >= 11 is 6.07. The fourth-order valence-electron chi connectivity index (χ4n) is 2.64. The van der Waals surface area contributed by atoms with Gasteiger partial charge in [-0.1, -0.05) is 23.7 Å². The SMILES string of the molecule is Cc1cc(-c2cccc(Cl)c2)nc([C@H]2CCCNC2)n1. The minimum Gasteiger partial charge on any atom is -0.316 e. The number of piperidine rings is 1. The molecule has 0 unspecified atom stereocenters. The van der Waals surface area contributed by atoms with Gasteiger partial charge in [0.1, 0.15) is 5.82 Å². The molecule has 20 heavy (non-hydrogen) atoms. The van der Waals surface area contributed by atoms with E-state index in [1.54, 1.807) is 0 Å². The number of nitrogens with one attached hydrogen (secondary N) is 1. The van der Waals surface area contributed by atoms with E-state index in [2.05, 4.69) is 10.3 Å². The largest absolute Gasteiger partial charge is 0.316 e. The van der Waals surface area contributed by atoms with Gasteiger partial charge in [-0.2, -0.15) is 0 Å². The molecule has 1 aliphatic heterocycles. The van der Waals surface area contributed by atoms with Gasteiger partial charge in [0.2, 0.25) is 0 Å². The summed E-state index contributed by atoms with van der Waals surface area (Å²) in [5, 5.41) is 4.16. The zero-order chi connectivity index (χ0) is 13.9. The van der Waals surface area contributed by atoms with Crippen LogP contribution in [0.3, 0.4) is 0 Å². The Bertz CT molecular complexity index is 606. The molecule has 0 radical (unpaired) electrons. The van der Waals surface area contributed by atoms with Gasteiger partial charge in [0.05, 0.1) is 5.69 Å². The van der Waals surface area contributed by atoms with Crippen molar-refractivity contribution in [2.24, 2.45) is 0 Å². The molecule has 2 aromatic rings. The van der Waals surface area contributed by atoms with E-state index in [-0.39, 0.29) is 0 Å². The molecule has 1 saturated heterocycles. The summed E-state index contributed by atoms with van der Waals surface area (Å²) in [6, 6.07) is 9.84. The first-order chi connectivity index (χ1) is 9.72. The molecule has 0 aliphatic carbocycles. The molecule has 1 aliphatic rings. The van der Waals surface area contributed by atoms with Gasteiger partial charge in [-0.05, 0) is 44.5 Å². The summed E-state index contributed by atoms with van der Waals surface area (Å²) in [6.07, 6.45) is 2.35. The van der Waals surface area contributed by atoms with E-state index in [1.165, 1.54) is 6.42 Å². The number of aromatic nitrogens is 2. The molecule has 1 fully saturated rings. The monoisotopic (exact) mass is 287 g/mol.